The fraction of sp³-hybridized carbons (Fsp3) is 0.231. The number of para-hydroxylation sites is 1. The number of carbonyl (C=O) groups is 1. The Kier molecular flexibility index (Phi) is 7.67. The maximum Gasteiger partial charge on any atom is 0.262 e. The monoisotopic (exact) mass is 414 g/mol. The van der Waals surface area contributed by atoms with Crippen LogP contribution in [0.4, 0.5) is 5.69 Å². The highest BCUT2D eigenvalue weighted by Crippen LogP contribution is 2.21. The van der Waals surface area contributed by atoms with Crippen LogP contribution in [0, 0.1) is 11.3 Å². The van der Waals surface area contributed by atoms with Gasteiger partial charge >= 0.3 is 0 Å². The zero-order valence-electron chi connectivity index (χ0n) is 17.8. The van der Waals surface area contributed by atoms with Gasteiger partial charge in [0.1, 0.15) is 18.1 Å². The van der Waals surface area contributed by atoms with E-state index in [1.54, 1.807) is 0 Å². The summed E-state index contributed by atoms with van der Waals surface area (Å²) >= 11 is 0. The van der Waals surface area contributed by atoms with E-state index in [2.05, 4.69) is 25.2 Å². The number of ether oxygens (including phenoxy) is 2. The summed E-state index contributed by atoms with van der Waals surface area (Å²) in [6, 6.07) is 24.9. The molecule has 0 aliphatic heterocycles. The number of amides is 1. The number of rotatable bonds is 9. The summed E-state index contributed by atoms with van der Waals surface area (Å²) in [7, 11) is 0. The minimum Gasteiger partial charge on any atom is -0.489 e. The molecule has 0 fully saturated rings. The summed E-state index contributed by atoms with van der Waals surface area (Å²) in [5.41, 5.74) is 3.66. The van der Waals surface area contributed by atoms with Crippen LogP contribution in [0.25, 0.3) is 0 Å². The molecule has 0 aliphatic carbocycles. The van der Waals surface area contributed by atoms with Gasteiger partial charge in [-0.25, -0.2) is 0 Å². The highest BCUT2D eigenvalue weighted by molar-refractivity contribution is 5.92. The van der Waals surface area contributed by atoms with Crippen LogP contribution in [0.1, 0.15) is 36.5 Å². The first-order valence-corrected chi connectivity index (χ1v) is 10.2. The van der Waals surface area contributed by atoms with Crippen molar-refractivity contribution in [2.45, 2.75) is 32.8 Å². The largest absolute Gasteiger partial charge is 0.489 e. The van der Waals surface area contributed by atoms with E-state index >= 15 is 0 Å². The molecule has 158 valence electrons. The van der Waals surface area contributed by atoms with E-state index in [0.29, 0.717) is 36.1 Å². The topological polar surface area (TPSA) is 71.3 Å². The lowest BCUT2D eigenvalue weighted by Crippen LogP contribution is -2.21. The van der Waals surface area contributed by atoms with E-state index in [9.17, 15) is 4.79 Å². The number of anilines is 1. The van der Waals surface area contributed by atoms with Crippen molar-refractivity contribution in [3.8, 4) is 17.6 Å². The summed E-state index contributed by atoms with van der Waals surface area (Å²) in [6.07, 6.45) is 0.374. The van der Waals surface area contributed by atoms with Crippen molar-refractivity contribution in [2.75, 3.05) is 11.9 Å². The van der Waals surface area contributed by atoms with Crippen molar-refractivity contribution in [1.82, 2.24) is 0 Å². The van der Waals surface area contributed by atoms with Gasteiger partial charge in [0, 0.05) is 11.3 Å². The zero-order chi connectivity index (χ0) is 22.1. The molecule has 1 N–H and O–H groups in total. The van der Waals surface area contributed by atoms with Crippen LogP contribution >= 0.6 is 0 Å². The maximum absolute atomic E-state index is 12.4. The molecule has 0 saturated carbocycles. The third-order valence-electron chi connectivity index (χ3n) is 4.79. The lowest BCUT2D eigenvalue weighted by Gasteiger charge is -2.13. The second-order valence-corrected chi connectivity index (χ2v) is 7.49. The van der Waals surface area contributed by atoms with Gasteiger partial charge in [-0.2, -0.15) is 5.26 Å². The van der Waals surface area contributed by atoms with Crippen LogP contribution in [0.15, 0.2) is 72.8 Å². The van der Waals surface area contributed by atoms with Crippen molar-refractivity contribution in [2.24, 2.45) is 0 Å². The van der Waals surface area contributed by atoms with E-state index in [0.717, 1.165) is 11.1 Å². The number of benzene rings is 3. The molecule has 0 heterocycles. The van der Waals surface area contributed by atoms with Crippen LogP contribution in [-0.4, -0.2) is 12.5 Å². The van der Waals surface area contributed by atoms with Crippen LogP contribution < -0.4 is 14.8 Å². The first-order chi connectivity index (χ1) is 15.0. The predicted molar refractivity (Wildman–Crippen MR) is 121 cm³/mol. The van der Waals surface area contributed by atoms with Gasteiger partial charge in [0.2, 0.25) is 0 Å². The molecular weight excluding hydrogens is 388 g/mol. The van der Waals surface area contributed by atoms with Gasteiger partial charge in [-0.3, -0.25) is 4.79 Å². The summed E-state index contributed by atoms with van der Waals surface area (Å²) in [6.45, 7) is 4.47. The molecule has 0 spiro atoms. The Morgan fingerprint density at radius 3 is 2.48 bits per heavy atom. The van der Waals surface area contributed by atoms with Crippen molar-refractivity contribution in [3.05, 3.63) is 89.5 Å². The number of carbonyl (C=O) groups excluding carboxylic acids is 1. The van der Waals surface area contributed by atoms with Crippen molar-refractivity contribution < 1.29 is 14.3 Å². The number of hydrogen-bond donors (Lipinski definition) is 1. The molecule has 3 aromatic rings. The van der Waals surface area contributed by atoms with Crippen LogP contribution in [0.5, 0.6) is 11.5 Å². The van der Waals surface area contributed by atoms with Gasteiger partial charge in [-0.05, 0) is 47.4 Å². The smallest absolute Gasteiger partial charge is 0.262 e. The third-order valence-corrected chi connectivity index (χ3v) is 4.79. The molecule has 0 saturated heterocycles. The maximum atomic E-state index is 12.4. The molecule has 0 unspecified atom stereocenters. The number of nitriles is 1. The zero-order valence-corrected chi connectivity index (χ0v) is 17.8. The molecule has 5 nitrogen and oxygen atoms in total. The van der Waals surface area contributed by atoms with E-state index in [1.807, 2.05) is 72.8 Å². The van der Waals surface area contributed by atoms with Crippen molar-refractivity contribution in [1.29, 1.82) is 5.26 Å². The van der Waals surface area contributed by atoms with Crippen LogP contribution in [-0.2, 0) is 17.8 Å². The van der Waals surface area contributed by atoms with Gasteiger partial charge in [-0.1, -0.05) is 56.3 Å². The number of nitrogens with one attached hydrogen (secondary N) is 1. The second-order valence-electron chi connectivity index (χ2n) is 7.49. The van der Waals surface area contributed by atoms with Gasteiger partial charge in [0.05, 0.1) is 12.5 Å². The fourth-order valence-corrected chi connectivity index (χ4v) is 3.02. The highest BCUT2D eigenvalue weighted by atomic mass is 16.5. The molecule has 5 heteroatoms. The molecule has 0 aliphatic rings. The molecule has 0 radical (unpaired) electrons. The summed E-state index contributed by atoms with van der Waals surface area (Å²) in [5, 5.41) is 11.7. The normalized spacial score (nSPS) is 10.4. The highest BCUT2D eigenvalue weighted by Gasteiger charge is 2.09. The average molecular weight is 415 g/mol. The SMILES string of the molecule is CC(C)c1cccc(OCC(=O)Nc2ccccc2COc2ccc(CC#N)cc2)c1. The Morgan fingerprint density at radius 2 is 1.74 bits per heavy atom. The van der Waals surface area contributed by atoms with E-state index in [4.69, 9.17) is 14.7 Å². The first-order valence-electron chi connectivity index (χ1n) is 10.2. The molecule has 3 rings (SSSR count). The number of nitrogens with zero attached hydrogens (tertiary/aromatic N) is 1. The molecule has 0 atom stereocenters. The minimum absolute atomic E-state index is 0.0723. The molecular formula is C26H26N2O3. The predicted octanol–water partition coefficient (Wildman–Crippen LogP) is 5.47. The molecule has 0 aromatic heterocycles. The van der Waals surface area contributed by atoms with E-state index in [1.165, 1.54) is 5.56 Å². The van der Waals surface area contributed by atoms with Gasteiger partial charge in [0.15, 0.2) is 6.61 Å². The summed E-state index contributed by atoms with van der Waals surface area (Å²) in [5.74, 6) is 1.55. The Hall–Kier alpha value is -3.78. The quantitative estimate of drug-likeness (QED) is 0.504. The van der Waals surface area contributed by atoms with Gasteiger partial charge in [-0.15, -0.1) is 0 Å². The van der Waals surface area contributed by atoms with Crippen molar-refractivity contribution >= 4 is 11.6 Å². The average Bonchev–Trinajstić information content (AvgIpc) is 2.78. The minimum atomic E-state index is -0.233. The Bertz CT molecular complexity index is 1050. The third kappa shape index (κ3) is 6.61. The number of hydrogen-bond acceptors (Lipinski definition) is 4. The van der Waals surface area contributed by atoms with Crippen LogP contribution in [0.3, 0.4) is 0 Å². The van der Waals surface area contributed by atoms with Crippen LogP contribution in [0.2, 0.25) is 0 Å². The standard InChI is InChI=1S/C26H26N2O3/c1-19(2)21-7-5-8-24(16-21)31-18-26(29)28-25-9-4-3-6-22(25)17-30-23-12-10-20(11-13-23)14-15-27/h3-13,16,19H,14,17-18H2,1-2H3,(H,28,29). The molecule has 0 bridgehead atoms. The van der Waals surface area contributed by atoms with E-state index < -0.39 is 0 Å². The Labute approximate surface area is 183 Å². The van der Waals surface area contributed by atoms with Crippen molar-refractivity contribution in [3.63, 3.8) is 0 Å². The first kappa shape index (κ1) is 21.9. The lowest BCUT2D eigenvalue weighted by molar-refractivity contribution is -0.118. The Morgan fingerprint density at radius 1 is 0.968 bits per heavy atom. The Balaban J connectivity index is 1.56. The summed E-state index contributed by atoms with van der Waals surface area (Å²) in [4.78, 5) is 12.4. The lowest BCUT2D eigenvalue weighted by atomic mass is 10.0. The molecule has 1 amide bonds. The summed E-state index contributed by atoms with van der Waals surface area (Å²) < 4.78 is 11.5. The molecule has 3 aromatic carbocycles. The van der Waals surface area contributed by atoms with E-state index in [-0.39, 0.29) is 12.5 Å². The fourth-order valence-electron chi connectivity index (χ4n) is 3.02. The second kappa shape index (κ2) is 10.8. The molecule has 31 heavy (non-hydrogen) atoms. The van der Waals surface area contributed by atoms with Gasteiger partial charge in [0.25, 0.3) is 5.91 Å². The van der Waals surface area contributed by atoms with Gasteiger partial charge < -0.3 is 14.8 Å².